The molecule has 1 saturated heterocycles. The predicted molar refractivity (Wildman–Crippen MR) is 62.8 cm³/mol. The highest BCUT2D eigenvalue weighted by Gasteiger charge is 2.39. The quantitative estimate of drug-likeness (QED) is 0.606. The van der Waals surface area contributed by atoms with Crippen LogP contribution in [0.15, 0.2) is 0 Å². The third kappa shape index (κ3) is 3.61. The van der Waals surface area contributed by atoms with Crippen LogP contribution in [0.25, 0.3) is 0 Å². The molecule has 0 aromatic carbocycles. The largest absolute Gasteiger partial charge is 0.465 e. The summed E-state index contributed by atoms with van der Waals surface area (Å²) in [5, 5.41) is 8.83. The molecule has 17 heavy (non-hydrogen) atoms. The average molecular weight is 243 g/mol. The molecule has 0 atom stereocenters. The van der Waals surface area contributed by atoms with Crippen LogP contribution in [-0.2, 0) is 9.53 Å². The topological polar surface area (TPSA) is 66.8 Å². The van der Waals surface area contributed by atoms with E-state index in [0.717, 1.165) is 12.8 Å². The highest BCUT2D eigenvalue weighted by molar-refractivity contribution is 5.77. The number of unbranched alkanes of at least 4 members (excludes halogenated alkanes) is 1. The van der Waals surface area contributed by atoms with Gasteiger partial charge < -0.3 is 14.7 Å². The van der Waals surface area contributed by atoms with Crippen molar-refractivity contribution >= 4 is 12.1 Å². The fraction of sp³-hybridized carbons (Fsp3) is 0.833. The summed E-state index contributed by atoms with van der Waals surface area (Å²) in [6.07, 6.45) is 2.06. The first-order valence-corrected chi connectivity index (χ1v) is 6.14. The number of hydrogen-bond donors (Lipinski definition) is 1. The number of amides is 1. The first kappa shape index (κ1) is 13.8. The summed E-state index contributed by atoms with van der Waals surface area (Å²) in [5.74, 6) is -0.184. The standard InChI is InChI=1S/C12H21NO4/c1-3-4-9-17-10(14)12(2)5-7-13(8-6-12)11(15)16/h3-9H2,1-2H3,(H,15,16). The minimum Gasteiger partial charge on any atom is -0.465 e. The van der Waals surface area contributed by atoms with Crippen LogP contribution in [0.4, 0.5) is 4.79 Å². The van der Waals surface area contributed by atoms with Crippen molar-refractivity contribution in [1.29, 1.82) is 0 Å². The van der Waals surface area contributed by atoms with Gasteiger partial charge >= 0.3 is 12.1 Å². The number of piperidine rings is 1. The lowest BCUT2D eigenvalue weighted by molar-refractivity contribution is -0.157. The molecular formula is C12H21NO4. The van der Waals surface area contributed by atoms with Gasteiger partial charge in [0, 0.05) is 13.1 Å². The molecule has 0 saturated carbocycles. The van der Waals surface area contributed by atoms with Crippen molar-refractivity contribution < 1.29 is 19.4 Å². The van der Waals surface area contributed by atoms with Crippen molar-refractivity contribution in [3.63, 3.8) is 0 Å². The van der Waals surface area contributed by atoms with Gasteiger partial charge in [-0.25, -0.2) is 4.79 Å². The molecule has 0 radical (unpaired) electrons. The number of likely N-dealkylation sites (tertiary alicyclic amines) is 1. The first-order valence-electron chi connectivity index (χ1n) is 6.14. The molecular weight excluding hydrogens is 222 g/mol. The molecule has 0 aromatic rings. The number of hydrogen-bond acceptors (Lipinski definition) is 3. The van der Waals surface area contributed by atoms with Gasteiger partial charge in [-0.1, -0.05) is 13.3 Å². The Morgan fingerprint density at radius 3 is 2.41 bits per heavy atom. The van der Waals surface area contributed by atoms with E-state index in [2.05, 4.69) is 0 Å². The lowest BCUT2D eigenvalue weighted by Gasteiger charge is -2.36. The summed E-state index contributed by atoms with van der Waals surface area (Å²) >= 11 is 0. The second kappa shape index (κ2) is 5.89. The van der Waals surface area contributed by atoms with Gasteiger partial charge in [0.25, 0.3) is 0 Å². The maximum absolute atomic E-state index is 11.9. The summed E-state index contributed by atoms with van der Waals surface area (Å²) < 4.78 is 5.22. The zero-order valence-corrected chi connectivity index (χ0v) is 10.6. The average Bonchev–Trinajstić information content (AvgIpc) is 2.29. The van der Waals surface area contributed by atoms with E-state index in [9.17, 15) is 9.59 Å². The molecule has 1 heterocycles. The van der Waals surface area contributed by atoms with E-state index in [1.54, 1.807) is 0 Å². The number of ether oxygens (including phenoxy) is 1. The van der Waals surface area contributed by atoms with Crippen LogP contribution in [0.1, 0.15) is 39.5 Å². The first-order chi connectivity index (χ1) is 7.99. The molecule has 1 fully saturated rings. The third-order valence-corrected chi connectivity index (χ3v) is 3.36. The molecule has 1 aliphatic heterocycles. The van der Waals surface area contributed by atoms with Crippen molar-refractivity contribution in [2.24, 2.45) is 5.41 Å². The smallest absolute Gasteiger partial charge is 0.407 e. The Balaban J connectivity index is 2.42. The SMILES string of the molecule is CCCCOC(=O)C1(C)CCN(C(=O)O)CC1. The number of carbonyl (C=O) groups is 2. The Labute approximate surface area is 102 Å². The van der Waals surface area contributed by atoms with Crippen molar-refractivity contribution in [3.05, 3.63) is 0 Å². The lowest BCUT2D eigenvalue weighted by Crippen LogP contribution is -2.45. The van der Waals surface area contributed by atoms with E-state index in [-0.39, 0.29) is 5.97 Å². The summed E-state index contributed by atoms with van der Waals surface area (Å²) in [6, 6.07) is 0. The summed E-state index contributed by atoms with van der Waals surface area (Å²) in [5.41, 5.74) is -0.514. The second-order valence-corrected chi connectivity index (χ2v) is 4.82. The summed E-state index contributed by atoms with van der Waals surface area (Å²) in [7, 11) is 0. The summed E-state index contributed by atoms with van der Waals surface area (Å²) in [4.78, 5) is 24.0. The van der Waals surface area contributed by atoms with E-state index in [1.165, 1.54) is 4.90 Å². The minimum absolute atomic E-state index is 0.184. The van der Waals surface area contributed by atoms with Crippen LogP contribution in [-0.4, -0.2) is 41.8 Å². The molecule has 0 aliphatic carbocycles. The number of esters is 1. The fourth-order valence-corrected chi connectivity index (χ4v) is 1.88. The van der Waals surface area contributed by atoms with E-state index in [4.69, 9.17) is 9.84 Å². The molecule has 5 heteroatoms. The Kier molecular flexibility index (Phi) is 4.78. The second-order valence-electron chi connectivity index (χ2n) is 4.82. The van der Waals surface area contributed by atoms with E-state index < -0.39 is 11.5 Å². The number of nitrogens with zero attached hydrogens (tertiary/aromatic N) is 1. The van der Waals surface area contributed by atoms with Crippen molar-refractivity contribution in [1.82, 2.24) is 4.90 Å². The molecule has 0 unspecified atom stereocenters. The van der Waals surface area contributed by atoms with Crippen LogP contribution < -0.4 is 0 Å². The normalized spacial score (nSPS) is 18.8. The molecule has 1 N–H and O–H groups in total. The number of carboxylic acid groups (broad SMARTS) is 1. The molecule has 5 nitrogen and oxygen atoms in total. The number of carbonyl (C=O) groups excluding carboxylic acids is 1. The van der Waals surface area contributed by atoms with Gasteiger partial charge in [0.1, 0.15) is 0 Å². The van der Waals surface area contributed by atoms with Gasteiger partial charge in [0.15, 0.2) is 0 Å². The molecule has 0 bridgehead atoms. The molecule has 0 spiro atoms. The van der Waals surface area contributed by atoms with Gasteiger partial charge in [0.2, 0.25) is 0 Å². The predicted octanol–water partition coefficient (Wildman–Crippen LogP) is 2.11. The highest BCUT2D eigenvalue weighted by atomic mass is 16.5. The van der Waals surface area contributed by atoms with Gasteiger partial charge in [-0.15, -0.1) is 0 Å². The van der Waals surface area contributed by atoms with E-state index in [1.807, 2.05) is 13.8 Å². The molecule has 0 aromatic heterocycles. The Bertz CT molecular complexity index is 282. The van der Waals surface area contributed by atoms with Crippen LogP contribution in [0.2, 0.25) is 0 Å². The van der Waals surface area contributed by atoms with Crippen LogP contribution in [0.3, 0.4) is 0 Å². The fourth-order valence-electron chi connectivity index (χ4n) is 1.88. The minimum atomic E-state index is -0.911. The maximum Gasteiger partial charge on any atom is 0.407 e. The summed E-state index contributed by atoms with van der Waals surface area (Å²) in [6.45, 7) is 5.19. The van der Waals surface area contributed by atoms with Crippen LogP contribution >= 0.6 is 0 Å². The lowest BCUT2D eigenvalue weighted by atomic mass is 9.80. The zero-order valence-electron chi connectivity index (χ0n) is 10.6. The van der Waals surface area contributed by atoms with Crippen molar-refractivity contribution in [3.8, 4) is 0 Å². The van der Waals surface area contributed by atoms with Crippen LogP contribution in [0, 0.1) is 5.41 Å². The maximum atomic E-state index is 11.9. The van der Waals surface area contributed by atoms with E-state index >= 15 is 0 Å². The molecule has 98 valence electrons. The van der Waals surface area contributed by atoms with Gasteiger partial charge in [-0.2, -0.15) is 0 Å². The third-order valence-electron chi connectivity index (χ3n) is 3.36. The van der Waals surface area contributed by atoms with E-state index in [0.29, 0.717) is 32.5 Å². The Hall–Kier alpha value is -1.26. The van der Waals surface area contributed by atoms with Gasteiger partial charge in [-0.05, 0) is 26.2 Å². The molecule has 1 rings (SSSR count). The highest BCUT2D eigenvalue weighted by Crippen LogP contribution is 2.32. The van der Waals surface area contributed by atoms with Crippen LogP contribution in [0.5, 0.6) is 0 Å². The molecule has 1 amide bonds. The Morgan fingerprint density at radius 2 is 1.94 bits per heavy atom. The monoisotopic (exact) mass is 243 g/mol. The van der Waals surface area contributed by atoms with Gasteiger partial charge in [-0.3, -0.25) is 4.79 Å². The Morgan fingerprint density at radius 1 is 1.35 bits per heavy atom. The van der Waals surface area contributed by atoms with Crippen molar-refractivity contribution in [2.75, 3.05) is 19.7 Å². The van der Waals surface area contributed by atoms with Crippen molar-refractivity contribution in [2.45, 2.75) is 39.5 Å². The number of rotatable bonds is 4. The molecule has 1 aliphatic rings. The zero-order chi connectivity index (χ0) is 12.9. The van der Waals surface area contributed by atoms with Gasteiger partial charge in [0.05, 0.1) is 12.0 Å².